The number of benzene rings is 1. The summed E-state index contributed by atoms with van der Waals surface area (Å²) in [5.74, 6) is -0.230. The molecule has 0 spiro atoms. The van der Waals surface area contributed by atoms with Gasteiger partial charge in [-0.15, -0.1) is 0 Å². The number of nitrogens with one attached hydrogen (secondary N) is 1. The predicted octanol–water partition coefficient (Wildman–Crippen LogP) is 2.14. The first-order valence-electron chi connectivity index (χ1n) is 9.08. The lowest BCUT2D eigenvalue weighted by Crippen LogP contribution is -2.35. The molecule has 1 heterocycles. The summed E-state index contributed by atoms with van der Waals surface area (Å²) >= 11 is 0. The molecule has 1 fully saturated rings. The van der Waals surface area contributed by atoms with E-state index in [2.05, 4.69) is 4.72 Å². The Kier molecular flexibility index (Phi) is 6.83. The lowest BCUT2D eigenvalue weighted by molar-refractivity contribution is -0.125. The van der Waals surface area contributed by atoms with Crippen LogP contribution in [0.5, 0.6) is 0 Å². The normalized spacial score (nSPS) is 17.4. The van der Waals surface area contributed by atoms with Gasteiger partial charge in [0.2, 0.25) is 20.0 Å². The van der Waals surface area contributed by atoms with E-state index in [1.54, 1.807) is 20.8 Å². The van der Waals surface area contributed by atoms with Gasteiger partial charge in [-0.1, -0.05) is 33.6 Å². The summed E-state index contributed by atoms with van der Waals surface area (Å²) in [7, 11) is -7.52. The Hall–Kier alpha value is -1.29. The molecule has 0 saturated carbocycles. The first-order chi connectivity index (χ1) is 12.4. The highest BCUT2D eigenvalue weighted by Crippen LogP contribution is 2.22. The van der Waals surface area contributed by atoms with Gasteiger partial charge in [0.05, 0.1) is 16.3 Å². The summed E-state index contributed by atoms with van der Waals surface area (Å²) < 4.78 is 53.9. The molecule has 1 saturated heterocycles. The smallest absolute Gasteiger partial charge is 0.243 e. The van der Waals surface area contributed by atoms with E-state index in [9.17, 15) is 21.6 Å². The minimum absolute atomic E-state index is 0.0703. The van der Waals surface area contributed by atoms with Crippen LogP contribution in [-0.2, 0) is 24.8 Å². The number of carbonyl (C=O) groups is 1. The molecule has 7 nitrogen and oxygen atoms in total. The Morgan fingerprint density at radius 3 is 1.89 bits per heavy atom. The van der Waals surface area contributed by atoms with Crippen molar-refractivity contribution in [1.82, 2.24) is 9.03 Å². The van der Waals surface area contributed by atoms with Crippen LogP contribution in [0.15, 0.2) is 34.1 Å². The summed E-state index contributed by atoms with van der Waals surface area (Å²) in [6.45, 7) is 5.81. The van der Waals surface area contributed by atoms with E-state index in [0.29, 0.717) is 13.1 Å². The van der Waals surface area contributed by atoms with Crippen molar-refractivity contribution in [3.63, 3.8) is 0 Å². The highest BCUT2D eigenvalue weighted by atomic mass is 32.2. The molecule has 0 atom stereocenters. The molecule has 0 unspecified atom stereocenters. The van der Waals surface area contributed by atoms with Crippen LogP contribution in [0, 0.1) is 5.41 Å². The second-order valence-electron chi connectivity index (χ2n) is 7.79. The van der Waals surface area contributed by atoms with Gasteiger partial charge in [-0.25, -0.2) is 21.6 Å². The van der Waals surface area contributed by atoms with Crippen molar-refractivity contribution >= 4 is 25.8 Å². The zero-order valence-electron chi connectivity index (χ0n) is 16.1. The van der Waals surface area contributed by atoms with Crippen molar-refractivity contribution < 1.29 is 21.6 Å². The lowest BCUT2D eigenvalue weighted by atomic mass is 9.91. The second-order valence-corrected chi connectivity index (χ2v) is 11.5. The largest absolute Gasteiger partial charge is 0.298 e. The fourth-order valence-corrected chi connectivity index (χ4v) is 5.23. The molecular formula is C18H28N2O5S2. The van der Waals surface area contributed by atoms with Crippen LogP contribution in [0.2, 0.25) is 0 Å². The quantitative estimate of drug-likeness (QED) is 0.766. The fraction of sp³-hybridized carbons (Fsp3) is 0.611. The molecule has 1 aromatic carbocycles. The third-order valence-electron chi connectivity index (χ3n) is 4.60. The third kappa shape index (κ3) is 5.60. The van der Waals surface area contributed by atoms with Crippen LogP contribution in [0.1, 0.15) is 46.5 Å². The average Bonchev–Trinajstić information content (AvgIpc) is 2.89. The van der Waals surface area contributed by atoms with Crippen molar-refractivity contribution in [3.05, 3.63) is 24.3 Å². The molecule has 1 aliphatic rings. The molecule has 9 heteroatoms. The number of nitrogens with zero attached hydrogens (tertiary/aromatic N) is 1. The Balaban J connectivity index is 2.14. The van der Waals surface area contributed by atoms with Crippen LogP contribution >= 0.6 is 0 Å². The van der Waals surface area contributed by atoms with Gasteiger partial charge < -0.3 is 0 Å². The van der Waals surface area contributed by atoms with Gasteiger partial charge in [0.15, 0.2) is 5.78 Å². The van der Waals surface area contributed by atoms with Gasteiger partial charge in [-0.2, -0.15) is 4.31 Å². The molecule has 1 N–H and O–H groups in total. The van der Waals surface area contributed by atoms with Gasteiger partial charge in [0.25, 0.3) is 0 Å². The molecular weight excluding hydrogens is 388 g/mol. The minimum atomic E-state index is -3.89. The summed E-state index contributed by atoms with van der Waals surface area (Å²) in [5, 5.41) is 0. The summed E-state index contributed by atoms with van der Waals surface area (Å²) in [4.78, 5) is 11.9. The zero-order valence-corrected chi connectivity index (χ0v) is 17.7. The molecule has 0 bridgehead atoms. The van der Waals surface area contributed by atoms with E-state index in [4.69, 9.17) is 0 Å². The second kappa shape index (κ2) is 8.38. The molecule has 27 heavy (non-hydrogen) atoms. The molecule has 0 aromatic heterocycles. The predicted molar refractivity (Wildman–Crippen MR) is 103 cm³/mol. The molecule has 152 valence electrons. The number of hydrogen-bond acceptors (Lipinski definition) is 5. The SMILES string of the molecule is CC(C)(C)C(=O)CNS(=O)(=O)c1ccc(S(=O)(=O)N2CCCCCC2)cc1. The standard InChI is InChI=1S/C18H28N2O5S2/c1-18(2,3)17(21)14-19-26(22,23)15-8-10-16(11-9-15)27(24,25)20-12-6-4-5-7-13-20/h8-11,19H,4-7,12-14H2,1-3H3. The van der Waals surface area contributed by atoms with Crippen molar-refractivity contribution in [2.45, 2.75) is 56.2 Å². The highest BCUT2D eigenvalue weighted by Gasteiger charge is 2.27. The van der Waals surface area contributed by atoms with E-state index in [-0.39, 0.29) is 22.1 Å². The van der Waals surface area contributed by atoms with Gasteiger partial charge in [-0.05, 0) is 37.1 Å². The van der Waals surface area contributed by atoms with E-state index < -0.39 is 25.5 Å². The van der Waals surface area contributed by atoms with E-state index >= 15 is 0 Å². The van der Waals surface area contributed by atoms with Crippen LogP contribution in [-0.4, -0.2) is 46.6 Å². The maximum absolute atomic E-state index is 12.7. The summed E-state index contributed by atoms with van der Waals surface area (Å²) in [6, 6.07) is 5.13. The Morgan fingerprint density at radius 1 is 0.926 bits per heavy atom. The monoisotopic (exact) mass is 416 g/mol. The van der Waals surface area contributed by atoms with Crippen LogP contribution in [0.25, 0.3) is 0 Å². The number of carbonyl (C=O) groups excluding carboxylic acids is 1. The zero-order chi connectivity index (χ0) is 20.3. The van der Waals surface area contributed by atoms with Gasteiger partial charge in [-0.3, -0.25) is 4.79 Å². The molecule has 0 amide bonds. The fourth-order valence-electron chi connectivity index (χ4n) is 2.73. The van der Waals surface area contributed by atoms with Crippen LogP contribution < -0.4 is 4.72 Å². The minimum Gasteiger partial charge on any atom is -0.298 e. The van der Waals surface area contributed by atoms with Gasteiger partial charge in [0, 0.05) is 18.5 Å². The average molecular weight is 417 g/mol. The van der Waals surface area contributed by atoms with Crippen molar-refractivity contribution in [2.24, 2.45) is 5.41 Å². The molecule has 2 rings (SSSR count). The van der Waals surface area contributed by atoms with E-state index in [1.165, 1.54) is 28.6 Å². The first kappa shape index (κ1) is 22.0. The van der Waals surface area contributed by atoms with Crippen LogP contribution in [0.4, 0.5) is 0 Å². The van der Waals surface area contributed by atoms with Crippen molar-refractivity contribution in [2.75, 3.05) is 19.6 Å². The number of Topliss-reactive ketones (excluding diaryl/α,β-unsaturated/α-hetero) is 1. The van der Waals surface area contributed by atoms with Crippen molar-refractivity contribution in [1.29, 1.82) is 0 Å². The Bertz CT molecular complexity index is 861. The summed E-state index contributed by atoms with van der Waals surface area (Å²) in [5.41, 5.74) is -0.645. The lowest BCUT2D eigenvalue weighted by Gasteiger charge is -2.20. The first-order valence-corrected chi connectivity index (χ1v) is 12.0. The topological polar surface area (TPSA) is 101 Å². The number of hydrogen-bond donors (Lipinski definition) is 1. The van der Waals surface area contributed by atoms with Gasteiger partial charge in [0.1, 0.15) is 0 Å². The molecule has 0 aliphatic carbocycles. The summed E-state index contributed by atoms with van der Waals surface area (Å²) in [6.07, 6.45) is 3.69. The maximum Gasteiger partial charge on any atom is 0.243 e. The van der Waals surface area contributed by atoms with Crippen molar-refractivity contribution in [3.8, 4) is 0 Å². The third-order valence-corrected chi connectivity index (χ3v) is 7.93. The van der Waals surface area contributed by atoms with E-state index in [0.717, 1.165) is 25.7 Å². The highest BCUT2D eigenvalue weighted by molar-refractivity contribution is 7.89. The number of sulfonamides is 2. The molecule has 1 aromatic rings. The Labute approximate surface area is 162 Å². The van der Waals surface area contributed by atoms with Crippen LogP contribution in [0.3, 0.4) is 0 Å². The number of ketones is 1. The van der Waals surface area contributed by atoms with Gasteiger partial charge >= 0.3 is 0 Å². The molecule has 0 radical (unpaired) electrons. The maximum atomic E-state index is 12.7. The number of rotatable bonds is 6. The molecule has 1 aliphatic heterocycles. The Morgan fingerprint density at radius 2 is 1.41 bits per heavy atom. The van der Waals surface area contributed by atoms with E-state index in [1.807, 2.05) is 0 Å².